The maximum absolute atomic E-state index is 12.5. The second-order valence-corrected chi connectivity index (χ2v) is 6.87. The average Bonchev–Trinajstić information content (AvgIpc) is 2.86. The molecule has 0 aliphatic carbocycles. The molecule has 0 atom stereocenters. The molecule has 8 heteroatoms. The number of nitrogens with zero attached hydrogens (tertiary/aromatic N) is 1. The zero-order valence-corrected chi connectivity index (χ0v) is 13.2. The summed E-state index contributed by atoms with van der Waals surface area (Å²) in [6, 6.07) is 13.8. The van der Waals surface area contributed by atoms with Crippen LogP contribution in [0.1, 0.15) is 10.5 Å². The number of hydrogen-bond acceptors (Lipinski definition) is 3. The largest absolute Gasteiger partial charge is 0.477 e. The minimum Gasteiger partial charge on any atom is -0.477 e. The van der Waals surface area contributed by atoms with Crippen molar-refractivity contribution in [1.29, 1.82) is 0 Å². The SMILES string of the molecule is O=C(O)c1cc2ccccc2n1NS(=O)(=O)c1ccc(Cl)cc1. The fourth-order valence-electron chi connectivity index (χ4n) is 2.20. The van der Waals surface area contributed by atoms with E-state index in [4.69, 9.17) is 11.6 Å². The predicted molar refractivity (Wildman–Crippen MR) is 86.9 cm³/mol. The fraction of sp³-hybridized carbons (Fsp3) is 0. The van der Waals surface area contributed by atoms with Gasteiger partial charge in [0.15, 0.2) is 0 Å². The van der Waals surface area contributed by atoms with Crippen molar-refractivity contribution in [3.05, 3.63) is 65.3 Å². The summed E-state index contributed by atoms with van der Waals surface area (Å²) in [6.45, 7) is 0. The minimum absolute atomic E-state index is 0.0176. The molecule has 0 aliphatic rings. The van der Waals surface area contributed by atoms with Crippen LogP contribution >= 0.6 is 11.6 Å². The van der Waals surface area contributed by atoms with Gasteiger partial charge in [-0.25, -0.2) is 14.3 Å². The van der Waals surface area contributed by atoms with Crippen LogP contribution in [-0.2, 0) is 10.0 Å². The lowest BCUT2D eigenvalue weighted by molar-refractivity contribution is 0.0688. The van der Waals surface area contributed by atoms with Gasteiger partial charge >= 0.3 is 5.97 Å². The summed E-state index contributed by atoms with van der Waals surface area (Å²) in [5, 5.41) is 10.3. The predicted octanol–water partition coefficient (Wildman–Crippen LogP) is 2.93. The molecule has 2 aromatic carbocycles. The molecule has 0 saturated carbocycles. The molecule has 0 spiro atoms. The smallest absolute Gasteiger partial charge is 0.354 e. The van der Waals surface area contributed by atoms with E-state index in [9.17, 15) is 18.3 Å². The van der Waals surface area contributed by atoms with Crippen LogP contribution in [0, 0.1) is 0 Å². The normalized spacial score (nSPS) is 11.5. The Morgan fingerprint density at radius 1 is 1.09 bits per heavy atom. The van der Waals surface area contributed by atoms with Gasteiger partial charge < -0.3 is 5.11 Å². The van der Waals surface area contributed by atoms with Gasteiger partial charge in [0.1, 0.15) is 5.69 Å². The Kier molecular flexibility index (Phi) is 3.75. The van der Waals surface area contributed by atoms with Crippen molar-refractivity contribution in [2.75, 3.05) is 4.83 Å². The van der Waals surface area contributed by atoms with E-state index in [1.165, 1.54) is 30.3 Å². The molecule has 0 saturated heterocycles. The molecule has 0 amide bonds. The maximum atomic E-state index is 12.5. The number of fused-ring (bicyclic) bond motifs is 1. The molecule has 1 heterocycles. The molecule has 23 heavy (non-hydrogen) atoms. The van der Waals surface area contributed by atoms with Crippen LogP contribution < -0.4 is 4.83 Å². The Balaban J connectivity index is 2.12. The summed E-state index contributed by atoms with van der Waals surface area (Å²) >= 11 is 5.75. The van der Waals surface area contributed by atoms with Crippen molar-refractivity contribution < 1.29 is 18.3 Å². The molecule has 0 fully saturated rings. The second kappa shape index (κ2) is 5.60. The molecule has 0 aliphatic heterocycles. The number of halogens is 1. The van der Waals surface area contributed by atoms with Gasteiger partial charge in [-0.2, -0.15) is 8.42 Å². The summed E-state index contributed by atoms with van der Waals surface area (Å²) in [7, 11) is -3.96. The Bertz CT molecular complexity index is 994. The first-order valence-electron chi connectivity index (χ1n) is 6.51. The molecule has 3 aromatic rings. The zero-order valence-electron chi connectivity index (χ0n) is 11.6. The first kappa shape index (κ1) is 15.4. The second-order valence-electron chi connectivity index (χ2n) is 4.78. The minimum atomic E-state index is -3.96. The van der Waals surface area contributed by atoms with Crippen LogP contribution in [0.5, 0.6) is 0 Å². The van der Waals surface area contributed by atoms with Gasteiger partial charge in [-0.15, -0.1) is 0 Å². The molecule has 3 rings (SSSR count). The highest BCUT2D eigenvalue weighted by Gasteiger charge is 2.20. The van der Waals surface area contributed by atoms with Crippen molar-refractivity contribution in [1.82, 2.24) is 4.68 Å². The number of carboxylic acid groups (broad SMARTS) is 1. The number of sulfonamides is 1. The van der Waals surface area contributed by atoms with Gasteiger partial charge in [0.25, 0.3) is 10.0 Å². The third kappa shape index (κ3) is 2.88. The van der Waals surface area contributed by atoms with E-state index in [1.807, 2.05) is 0 Å². The van der Waals surface area contributed by atoms with Crippen LogP contribution in [-0.4, -0.2) is 24.2 Å². The van der Waals surface area contributed by atoms with E-state index >= 15 is 0 Å². The number of carboxylic acids is 1. The van der Waals surface area contributed by atoms with Crippen molar-refractivity contribution in [3.63, 3.8) is 0 Å². The highest BCUT2D eigenvalue weighted by atomic mass is 35.5. The zero-order chi connectivity index (χ0) is 16.6. The summed E-state index contributed by atoms with van der Waals surface area (Å²) in [5.74, 6) is -1.24. The molecule has 6 nitrogen and oxygen atoms in total. The van der Waals surface area contributed by atoms with Crippen molar-refractivity contribution in [2.24, 2.45) is 0 Å². The number of hydrogen-bond donors (Lipinski definition) is 2. The van der Waals surface area contributed by atoms with Crippen molar-refractivity contribution in [3.8, 4) is 0 Å². The van der Waals surface area contributed by atoms with Crippen molar-refractivity contribution in [2.45, 2.75) is 4.90 Å². The number of aromatic carboxylic acids is 1. The molecule has 2 N–H and O–H groups in total. The summed E-state index contributed by atoms with van der Waals surface area (Å²) in [4.78, 5) is 13.7. The highest BCUT2D eigenvalue weighted by Crippen LogP contribution is 2.21. The Morgan fingerprint density at radius 2 is 1.74 bits per heavy atom. The van der Waals surface area contributed by atoms with Crippen LogP contribution in [0.4, 0.5) is 0 Å². The first-order chi connectivity index (χ1) is 10.9. The number of rotatable bonds is 4. The lowest BCUT2D eigenvalue weighted by atomic mass is 10.2. The van der Waals surface area contributed by atoms with E-state index in [1.54, 1.807) is 24.3 Å². The molecular weight excluding hydrogens is 340 g/mol. The third-order valence-electron chi connectivity index (χ3n) is 3.27. The van der Waals surface area contributed by atoms with Gasteiger partial charge in [0.05, 0.1) is 10.4 Å². The molecule has 1 aromatic heterocycles. The van der Waals surface area contributed by atoms with E-state index < -0.39 is 16.0 Å². The topological polar surface area (TPSA) is 88.4 Å². The van der Waals surface area contributed by atoms with E-state index in [-0.39, 0.29) is 10.6 Å². The first-order valence-corrected chi connectivity index (χ1v) is 8.37. The molecule has 0 radical (unpaired) electrons. The summed E-state index contributed by atoms with van der Waals surface area (Å²) in [6.07, 6.45) is 0. The van der Waals surface area contributed by atoms with E-state index in [2.05, 4.69) is 4.83 Å². The summed E-state index contributed by atoms with van der Waals surface area (Å²) in [5.41, 5.74) is 0.270. The van der Waals surface area contributed by atoms with Crippen LogP contribution in [0.3, 0.4) is 0 Å². The van der Waals surface area contributed by atoms with Crippen LogP contribution in [0.25, 0.3) is 10.9 Å². The maximum Gasteiger partial charge on any atom is 0.354 e. The molecule has 0 bridgehead atoms. The molecule has 0 unspecified atom stereocenters. The lowest BCUT2D eigenvalue weighted by Gasteiger charge is -2.12. The van der Waals surface area contributed by atoms with Gasteiger partial charge in [-0.1, -0.05) is 29.8 Å². The Labute approximate surface area is 136 Å². The number of nitrogens with one attached hydrogen (secondary N) is 1. The molecular formula is C15H11ClN2O4S. The summed E-state index contributed by atoms with van der Waals surface area (Å²) < 4.78 is 26.0. The number of benzene rings is 2. The van der Waals surface area contributed by atoms with Gasteiger partial charge in [-0.3, -0.25) is 0 Å². The lowest BCUT2D eigenvalue weighted by Crippen LogP contribution is -2.26. The standard InChI is InChI=1S/C15H11ClN2O4S/c16-11-5-7-12(8-6-11)23(21,22)17-18-13-4-2-1-3-10(13)9-14(18)15(19)20/h1-9,17H,(H,19,20). The third-order valence-corrected chi connectivity index (χ3v) is 4.83. The quantitative estimate of drug-likeness (QED) is 0.757. The van der Waals surface area contributed by atoms with Crippen LogP contribution in [0.2, 0.25) is 5.02 Å². The Morgan fingerprint density at radius 3 is 2.39 bits per heavy atom. The van der Waals surface area contributed by atoms with Gasteiger partial charge in [-0.05, 0) is 36.4 Å². The van der Waals surface area contributed by atoms with Gasteiger partial charge in [0.2, 0.25) is 0 Å². The number of aromatic nitrogens is 1. The van der Waals surface area contributed by atoms with Crippen LogP contribution in [0.15, 0.2) is 59.5 Å². The molecule has 118 valence electrons. The average molecular weight is 351 g/mol. The van der Waals surface area contributed by atoms with Gasteiger partial charge in [0, 0.05) is 10.4 Å². The highest BCUT2D eigenvalue weighted by molar-refractivity contribution is 7.92. The number of carbonyl (C=O) groups is 1. The van der Waals surface area contributed by atoms with Crippen molar-refractivity contribution >= 4 is 38.5 Å². The number of para-hydroxylation sites is 1. The Hall–Kier alpha value is -2.51. The monoisotopic (exact) mass is 350 g/mol. The fourth-order valence-corrected chi connectivity index (χ4v) is 3.36. The van der Waals surface area contributed by atoms with E-state index in [0.717, 1.165) is 4.68 Å². The van der Waals surface area contributed by atoms with E-state index in [0.29, 0.717) is 15.9 Å².